The van der Waals surface area contributed by atoms with Gasteiger partial charge in [0, 0.05) is 11.6 Å². The summed E-state index contributed by atoms with van der Waals surface area (Å²) in [5.41, 5.74) is 11.5. The maximum Gasteiger partial charge on any atom is 0.261 e. The Labute approximate surface area is 180 Å². The molecule has 0 spiro atoms. The first-order valence-corrected chi connectivity index (χ1v) is 10.9. The largest absolute Gasteiger partial charge is 0.330 e. The number of rotatable bonds is 6. The maximum absolute atomic E-state index is 13.3. The number of benzene rings is 1. The van der Waals surface area contributed by atoms with Crippen LogP contribution in [0.4, 0.5) is 0 Å². The predicted molar refractivity (Wildman–Crippen MR) is 122 cm³/mol. The zero-order valence-corrected chi connectivity index (χ0v) is 18.3. The number of aryl methyl sites for hydroxylation is 2. The number of nitrogens with two attached hydrogens (primary N) is 1. The summed E-state index contributed by atoms with van der Waals surface area (Å²) in [6.45, 7) is 6.84. The molecule has 31 heavy (non-hydrogen) atoms. The number of aromatic nitrogens is 5. The fourth-order valence-corrected chi connectivity index (χ4v) is 4.46. The molecule has 0 aliphatic heterocycles. The third kappa shape index (κ3) is 3.63. The highest BCUT2D eigenvalue weighted by Crippen LogP contribution is 2.51. The van der Waals surface area contributed by atoms with Gasteiger partial charge in [-0.3, -0.25) is 9.36 Å². The normalized spacial score (nSPS) is 16.1. The molecule has 3 aromatic heterocycles. The average Bonchev–Trinajstić information content (AvgIpc) is 3.33. The Morgan fingerprint density at radius 1 is 1.23 bits per heavy atom. The van der Waals surface area contributed by atoms with Gasteiger partial charge in [-0.25, -0.2) is 14.5 Å². The van der Waals surface area contributed by atoms with E-state index in [0.717, 1.165) is 41.0 Å². The van der Waals surface area contributed by atoms with Gasteiger partial charge >= 0.3 is 0 Å². The monoisotopic (exact) mass is 416 g/mol. The Kier molecular flexibility index (Phi) is 4.66. The van der Waals surface area contributed by atoms with Gasteiger partial charge in [-0.05, 0) is 75.3 Å². The van der Waals surface area contributed by atoms with Crippen molar-refractivity contribution < 1.29 is 0 Å². The molecular weight excluding hydrogens is 388 g/mol. The van der Waals surface area contributed by atoms with E-state index in [2.05, 4.69) is 16.9 Å². The molecule has 1 fully saturated rings. The zero-order chi connectivity index (χ0) is 21.8. The van der Waals surface area contributed by atoms with Crippen LogP contribution < -0.4 is 11.3 Å². The molecule has 1 aromatic carbocycles. The van der Waals surface area contributed by atoms with Crippen LogP contribution in [0, 0.1) is 19.3 Å². The van der Waals surface area contributed by atoms with Crippen molar-refractivity contribution >= 4 is 16.6 Å². The summed E-state index contributed by atoms with van der Waals surface area (Å²) < 4.78 is 3.60. The third-order valence-electron chi connectivity index (χ3n) is 6.53. The second-order valence-corrected chi connectivity index (χ2v) is 9.30. The summed E-state index contributed by atoms with van der Waals surface area (Å²) >= 11 is 0. The molecule has 3 heterocycles. The minimum absolute atomic E-state index is 0.00377. The SMILES string of the molecule is Cc1cn2nc(-c3ccc4c(=O)n([C@H](CCN)CC5(C)CC5)cnc4c3)cc(C)c2n1. The molecular formula is C24H28N6O. The van der Waals surface area contributed by atoms with Gasteiger partial charge in [-0.1, -0.05) is 13.0 Å². The van der Waals surface area contributed by atoms with E-state index >= 15 is 0 Å². The van der Waals surface area contributed by atoms with Crippen LogP contribution in [-0.2, 0) is 0 Å². The van der Waals surface area contributed by atoms with Crippen molar-refractivity contribution in [1.29, 1.82) is 0 Å². The molecule has 0 saturated heterocycles. The zero-order valence-electron chi connectivity index (χ0n) is 18.3. The molecule has 1 aliphatic carbocycles. The molecule has 0 unspecified atom stereocenters. The standard InChI is InChI=1S/C24H28N6O/c1-15-10-20(28-30-13-16(2)27-22(15)30)17-4-5-19-21(11-17)26-14-29(23(19)31)18(6-9-25)12-24(3)7-8-24/h4-5,10-11,13-14,18H,6-9,12,25H2,1-3H3/t18-/m1/s1. The van der Waals surface area contributed by atoms with E-state index in [0.29, 0.717) is 22.9 Å². The van der Waals surface area contributed by atoms with Crippen molar-refractivity contribution in [3.8, 4) is 11.3 Å². The quantitative estimate of drug-likeness (QED) is 0.516. The Morgan fingerprint density at radius 3 is 2.77 bits per heavy atom. The third-order valence-corrected chi connectivity index (χ3v) is 6.53. The summed E-state index contributed by atoms with van der Waals surface area (Å²) in [5, 5.41) is 5.33. The molecule has 1 saturated carbocycles. The first-order valence-electron chi connectivity index (χ1n) is 10.9. The minimum Gasteiger partial charge on any atom is -0.330 e. The molecule has 7 nitrogen and oxygen atoms in total. The summed E-state index contributed by atoms with van der Waals surface area (Å²) in [7, 11) is 0. The Balaban J connectivity index is 1.55. The molecule has 0 amide bonds. The topological polar surface area (TPSA) is 91.1 Å². The van der Waals surface area contributed by atoms with Gasteiger partial charge < -0.3 is 5.73 Å². The predicted octanol–water partition coefficient (Wildman–Crippen LogP) is 3.80. The van der Waals surface area contributed by atoms with E-state index in [1.165, 1.54) is 12.8 Å². The van der Waals surface area contributed by atoms with Gasteiger partial charge in [0.1, 0.15) is 0 Å². The second kappa shape index (κ2) is 7.27. The average molecular weight is 417 g/mol. The van der Waals surface area contributed by atoms with Gasteiger partial charge in [-0.15, -0.1) is 0 Å². The molecule has 160 valence electrons. The molecule has 0 radical (unpaired) electrons. The Hall–Kier alpha value is -3.06. The van der Waals surface area contributed by atoms with E-state index in [9.17, 15) is 4.79 Å². The van der Waals surface area contributed by atoms with Crippen LogP contribution in [0.25, 0.3) is 27.8 Å². The van der Waals surface area contributed by atoms with Crippen molar-refractivity contribution in [2.24, 2.45) is 11.1 Å². The highest BCUT2D eigenvalue weighted by Gasteiger charge is 2.39. The molecule has 1 aliphatic rings. The highest BCUT2D eigenvalue weighted by atomic mass is 16.1. The van der Waals surface area contributed by atoms with E-state index in [-0.39, 0.29) is 11.6 Å². The molecule has 2 N–H and O–H groups in total. The first kappa shape index (κ1) is 19.9. The van der Waals surface area contributed by atoms with Crippen LogP contribution in [0.3, 0.4) is 0 Å². The fraction of sp³-hybridized carbons (Fsp3) is 0.417. The molecule has 7 heteroatoms. The van der Waals surface area contributed by atoms with Crippen molar-refractivity contribution in [3.63, 3.8) is 0 Å². The molecule has 0 bridgehead atoms. The summed E-state index contributed by atoms with van der Waals surface area (Å²) in [6, 6.07) is 7.89. The fourth-order valence-electron chi connectivity index (χ4n) is 4.46. The lowest BCUT2D eigenvalue weighted by Gasteiger charge is -2.22. The Bertz CT molecular complexity index is 1350. The van der Waals surface area contributed by atoms with Crippen LogP contribution in [0.5, 0.6) is 0 Å². The number of fused-ring (bicyclic) bond motifs is 2. The van der Waals surface area contributed by atoms with Crippen molar-refractivity contribution in [3.05, 3.63) is 58.4 Å². The number of imidazole rings is 1. The van der Waals surface area contributed by atoms with Crippen molar-refractivity contribution in [2.75, 3.05) is 6.54 Å². The highest BCUT2D eigenvalue weighted by molar-refractivity contribution is 5.83. The lowest BCUT2D eigenvalue weighted by molar-refractivity contribution is 0.345. The lowest BCUT2D eigenvalue weighted by Crippen LogP contribution is -2.28. The smallest absolute Gasteiger partial charge is 0.261 e. The van der Waals surface area contributed by atoms with E-state index in [1.54, 1.807) is 10.9 Å². The first-order chi connectivity index (χ1) is 14.9. The number of hydrogen-bond acceptors (Lipinski definition) is 5. The minimum atomic E-state index is 0.00377. The lowest BCUT2D eigenvalue weighted by atomic mass is 9.96. The Morgan fingerprint density at radius 2 is 2.03 bits per heavy atom. The second-order valence-electron chi connectivity index (χ2n) is 9.30. The maximum atomic E-state index is 13.3. The molecule has 1 atom stereocenters. The van der Waals surface area contributed by atoms with Crippen LogP contribution in [-0.4, -0.2) is 30.7 Å². The van der Waals surface area contributed by atoms with Crippen LogP contribution in [0.2, 0.25) is 0 Å². The van der Waals surface area contributed by atoms with Gasteiger partial charge in [0.25, 0.3) is 5.56 Å². The van der Waals surface area contributed by atoms with Crippen LogP contribution in [0.15, 0.2) is 41.6 Å². The van der Waals surface area contributed by atoms with Crippen molar-refractivity contribution in [2.45, 2.75) is 52.5 Å². The number of nitrogens with zero attached hydrogens (tertiary/aromatic N) is 5. The number of hydrogen-bond donors (Lipinski definition) is 1. The summed E-state index contributed by atoms with van der Waals surface area (Å²) in [4.78, 5) is 22.4. The summed E-state index contributed by atoms with van der Waals surface area (Å²) in [6.07, 6.45) is 7.82. The van der Waals surface area contributed by atoms with Gasteiger partial charge in [0.05, 0.1) is 34.8 Å². The van der Waals surface area contributed by atoms with Gasteiger partial charge in [0.15, 0.2) is 5.65 Å². The molecule has 4 aromatic rings. The van der Waals surface area contributed by atoms with E-state index < -0.39 is 0 Å². The van der Waals surface area contributed by atoms with E-state index in [1.807, 2.05) is 48.8 Å². The van der Waals surface area contributed by atoms with Gasteiger partial charge in [0.2, 0.25) is 0 Å². The van der Waals surface area contributed by atoms with Crippen molar-refractivity contribution in [1.82, 2.24) is 24.1 Å². The van der Waals surface area contributed by atoms with Crippen LogP contribution in [0.1, 0.15) is 49.9 Å². The summed E-state index contributed by atoms with van der Waals surface area (Å²) in [5.74, 6) is 0. The van der Waals surface area contributed by atoms with Gasteiger partial charge in [-0.2, -0.15) is 5.10 Å². The molecule has 5 rings (SSSR count). The van der Waals surface area contributed by atoms with Crippen LogP contribution >= 0.6 is 0 Å². The van der Waals surface area contributed by atoms with E-state index in [4.69, 9.17) is 10.8 Å².